The van der Waals surface area contributed by atoms with Gasteiger partial charge in [0.15, 0.2) is 11.6 Å². The first kappa shape index (κ1) is 19.0. The number of amides is 1. The number of benzene rings is 2. The van der Waals surface area contributed by atoms with Crippen LogP contribution in [0.5, 0.6) is 0 Å². The minimum absolute atomic E-state index is 0.115. The molecule has 2 aromatic carbocycles. The lowest BCUT2D eigenvalue weighted by molar-refractivity contribution is -0.902. The van der Waals surface area contributed by atoms with Gasteiger partial charge in [-0.1, -0.05) is 24.3 Å². The SMILES string of the molecule is C[C@H](c1nc2ccccc2s1)[NH+](C)CC(=O)N(C)Cc1nc2ccccc2s1. The first-order valence-corrected chi connectivity index (χ1v) is 10.9. The summed E-state index contributed by atoms with van der Waals surface area (Å²) in [6.07, 6.45) is 0. The van der Waals surface area contributed by atoms with Crippen molar-refractivity contribution in [3.8, 4) is 0 Å². The van der Waals surface area contributed by atoms with Crippen molar-refractivity contribution in [3.05, 3.63) is 58.5 Å². The highest BCUT2D eigenvalue weighted by Gasteiger charge is 2.24. The van der Waals surface area contributed by atoms with Crippen molar-refractivity contribution >= 4 is 49.0 Å². The molecule has 1 amide bonds. The average molecular weight is 412 g/mol. The Morgan fingerprint density at radius 2 is 1.64 bits per heavy atom. The second-order valence-electron chi connectivity index (χ2n) is 7.09. The number of likely N-dealkylation sites (N-methyl/N-ethyl adjacent to an activating group) is 2. The molecule has 2 heterocycles. The minimum Gasteiger partial charge on any atom is -0.334 e. The quantitative estimate of drug-likeness (QED) is 0.530. The summed E-state index contributed by atoms with van der Waals surface area (Å²) in [7, 11) is 3.91. The van der Waals surface area contributed by atoms with E-state index in [-0.39, 0.29) is 11.9 Å². The molecule has 0 saturated carbocycles. The van der Waals surface area contributed by atoms with Crippen LogP contribution in [0.15, 0.2) is 48.5 Å². The molecule has 1 unspecified atom stereocenters. The van der Waals surface area contributed by atoms with Gasteiger partial charge >= 0.3 is 0 Å². The van der Waals surface area contributed by atoms with E-state index in [2.05, 4.69) is 31.1 Å². The van der Waals surface area contributed by atoms with Crippen LogP contribution in [0.25, 0.3) is 20.4 Å². The summed E-state index contributed by atoms with van der Waals surface area (Å²) < 4.78 is 2.35. The van der Waals surface area contributed by atoms with Gasteiger partial charge in [0, 0.05) is 7.05 Å². The molecule has 0 radical (unpaired) electrons. The molecule has 4 aromatic rings. The molecule has 0 fully saturated rings. The summed E-state index contributed by atoms with van der Waals surface area (Å²) >= 11 is 3.36. The highest BCUT2D eigenvalue weighted by atomic mass is 32.1. The second kappa shape index (κ2) is 7.95. The fourth-order valence-electron chi connectivity index (χ4n) is 3.09. The molecule has 144 valence electrons. The zero-order valence-corrected chi connectivity index (χ0v) is 17.8. The van der Waals surface area contributed by atoms with Gasteiger partial charge in [0.25, 0.3) is 5.91 Å². The maximum atomic E-state index is 12.7. The van der Waals surface area contributed by atoms with Crippen LogP contribution in [-0.2, 0) is 11.3 Å². The number of hydrogen-bond donors (Lipinski definition) is 1. The van der Waals surface area contributed by atoms with Crippen molar-refractivity contribution in [2.45, 2.75) is 19.5 Å². The third-order valence-corrected chi connectivity index (χ3v) is 7.23. The summed E-state index contributed by atoms with van der Waals surface area (Å²) in [6.45, 7) is 3.10. The minimum atomic E-state index is 0.115. The summed E-state index contributed by atoms with van der Waals surface area (Å²) in [4.78, 5) is 25.0. The van der Waals surface area contributed by atoms with Gasteiger partial charge in [-0.15, -0.1) is 22.7 Å². The molecule has 2 aromatic heterocycles. The lowest BCUT2D eigenvalue weighted by Crippen LogP contribution is -3.10. The maximum Gasteiger partial charge on any atom is 0.277 e. The van der Waals surface area contributed by atoms with Crippen LogP contribution < -0.4 is 4.90 Å². The largest absolute Gasteiger partial charge is 0.334 e. The van der Waals surface area contributed by atoms with Gasteiger partial charge < -0.3 is 9.80 Å². The van der Waals surface area contributed by atoms with E-state index in [1.54, 1.807) is 27.6 Å². The van der Waals surface area contributed by atoms with E-state index in [4.69, 9.17) is 4.98 Å². The third-order valence-electron chi connectivity index (χ3n) is 4.99. The molecule has 4 rings (SSSR count). The second-order valence-corrected chi connectivity index (χ2v) is 9.27. The average Bonchev–Trinajstić information content (AvgIpc) is 3.30. The molecule has 7 heteroatoms. The van der Waals surface area contributed by atoms with Crippen LogP contribution in [0, 0.1) is 0 Å². The summed E-state index contributed by atoms with van der Waals surface area (Å²) in [5.74, 6) is 0.115. The fourth-order valence-corrected chi connectivity index (χ4v) is 5.22. The van der Waals surface area contributed by atoms with E-state index >= 15 is 0 Å². The number of rotatable bonds is 6. The molecule has 0 saturated heterocycles. The van der Waals surface area contributed by atoms with Gasteiger partial charge in [0.05, 0.1) is 34.0 Å². The van der Waals surface area contributed by atoms with Gasteiger partial charge in [-0.3, -0.25) is 4.79 Å². The maximum absolute atomic E-state index is 12.7. The number of nitrogens with zero attached hydrogens (tertiary/aromatic N) is 3. The molecule has 5 nitrogen and oxygen atoms in total. The molecule has 28 heavy (non-hydrogen) atoms. The van der Waals surface area contributed by atoms with Crippen molar-refractivity contribution in [2.75, 3.05) is 20.6 Å². The van der Waals surface area contributed by atoms with E-state index in [1.165, 1.54) is 4.70 Å². The molecule has 0 spiro atoms. The Labute approximate surface area is 172 Å². The molecule has 1 N–H and O–H groups in total. The number of carbonyl (C=O) groups is 1. The predicted octanol–water partition coefficient (Wildman–Crippen LogP) is 3.14. The molecular weight excluding hydrogens is 388 g/mol. The number of carbonyl (C=O) groups excluding carboxylic acids is 1. The highest BCUT2D eigenvalue weighted by molar-refractivity contribution is 7.18. The zero-order chi connectivity index (χ0) is 19.7. The predicted molar refractivity (Wildman–Crippen MR) is 116 cm³/mol. The summed E-state index contributed by atoms with van der Waals surface area (Å²) in [5.41, 5.74) is 2.02. The monoisotopic (exact) mass is 411 g/mol. The number of para-hydroxylation sites is 2. The number of hydrogen-bond acceptors (Lipinski definition) is 5. The summed E-state index contributed by atoms with van der Waals surface area (Å²) in [5, 5.41) is 2.04. The van der Waals surface area contributed by atoms with Crippen LogP contribution in [0.1, 0.15) is 23.0 Å². The van der Waals surface area contributed by atoms with Crippen molar-refractivity contribution in [1.29, 1.82) is 0 Å². The van der Waals surface area contributed by atoms with Gasteiger partial charge in [0.1, 0.15) is 11.0 Å². The molecule has 0 aliphatic rings. The van der Waals surface area contributed by atoms with E-state index in [9.17, 15) is 4.79 Å². The van der Waals surface area contributed by atoms with Gasteiger partial charge in [-0.05, 0) is 31.2 Å². The lowest BCUT2D eigenvalue weighted by atomic mass is 10.3. The van der Waals surface area contributed by atoms with Crippen molar-refractivity contribution < 1.29 is 9.69 Å². The molecular formula is C21H23N4OS2+. The first-order valence-electron chi connectivity index (χ1n) is 9.27. The molecule has 0 aliphatic carbocycles. The Bertz CT molecular complexity index is 1050. The van der Waals surface area contributed by atoms with Gasteiger partial charge in [-0.25, -0.2) is 9.97 Å². The number of fused-ring (bicyclic) bond motifs is 2. The number of aromatic nitrogens is 2. The topological polar surface area (TPSA) is 50.5 Å². The third kappa shape index (κ3) is 3.92. The van der Waals surface area contributed by atoms with Crippen LogP contribution in [0.3, 0.4) is 0 Å². The number of thiazole rings is 2. The Balaban J connectivity index is 1.39. The molecule has 0 bridgehead atoms. The highest BCUT2D eigenvalue weighted by Crippen LogP contribution is 2.25. The Hall–Kier alpha value is -2.35. The van der Waals surface area contributed by atoms with Gasteiger partial charge in [0.2, 0.25) is 0 Å². The Morgan fingerprint density at radius 3 is 2.29 bits per heavy atom. The lowest BCUT2D eigenvalue weighted by Gasteiger charge is -2.22. The standard InChI is InChI=1S/C21H22N4OS2/c1-14(21-23-16-9-5-7-11-18(16)28-21)24(2)13-20(26)25(3)12-19-22-15-8-4-6-10-17(15)27-19/h4-11,14H,12-13H2,1-3H3/p+1/t14-/m1/s1. The Morgan fingerprint density at radius 1 is 1.04 bits per heavy atom. The van der Waals surface area contributed by atoms with E-state index in [1.807, 2.05) is 43.4 Å². The first-order chi connectivity index (χ1) is 13.5. The van der Waals surface area contributed by atoms with Crippen molar-refractivity contribution in [1.82, 2.24) is 14.9 Å². The van der Waals surface area contributed by atoms with E-state index < -0.39 is 0 Å². The van der Waals surface area contributed by atoms with Gasteiger partial charge in [-0.2, -0.15) is 0 Å². The summed E-state index contributed by atoms with van der Waals surface area (Å²) in [6, 6.07) is 16.4. The van der Waals surface area contributed by atoms with E-state index in [0.717, 1.165) is 30.6 Å². The van der Waals surface area contributed by atoms with Crippen LogP contribution in [-0.4, -0.2) is 41.4 Å². The van der Waals surface area contributed by atoms with Crippen LogP contribution in [0.4, 0.5) is 0 Å². The van der Waals surface area contributed by atoms with Crippen LogP contribution in [0.2, 0.25) is 0 Å². The fraction of sp³-hybridized carbons (Fsp3) is 0.286. The van der Waals surface area contributed by atoms with E-state index in [0.29, 0.717) is 13.1 Å². The smallest absolute Gasteiger partial charge is 0.277 e. The van der Waals surface area contributed by atoms with Crippen molar-refractivity contribution in [2.24, 2.45) is 0 Å². The molecule has 2 atom stereocenters. The number of quaternary nitrogens is 1. The Kier molecular flexibility index (Phi) is 5.39. The molecule has 0 aliphatic heterocycles. The zero-order valence-electron chi connectivity index (χ0n) is 16.2. The van der Waals surface area contributed by atoms with Crippen LogP contribution >= 0.6 is 22.7 Å². The van der Waals surface area contributed by atoms with Crippen molar-refractivity contribution in [3.63, 3.8) is 0 Å². The normalized spacial score (nSPS) is 13.7. The number of nitrogens with one attached hydrogen (secondary N) is 1.